The molecule has 1 unspecified atom stereocenters. The summed E-state index contributed by atoms with van der Waals surface area (Å²) in [5, 5.41) is 0. The highest BCUT2D eigenvalue weighted by Crippen LogP contribution is 2.23. The topological polar surface area (TPSA) is 0 Å². The van der Waals surface area contributed by atoms with Crippen LogP contribution in [0.25, 0.3) is 0 Å². The molecule has 1 atom stereocenters. The number of halogens is 1. The Bertz CT molecular complexity index is 332. The highest BCUT2D eigenvalue weighted by Gasteiger charge is 2.12. The van der Waals surface area contributed by atoms with Crippen LogP contribution >= 0.6 is 15.9 Å². The van der Waals surface area contributed by atoms with E-state index in [1.807, 2.05) is 0 Å². The lowest BCUT2D eigenvalue weighted by atomic mass is 9.86. The predicted molar refractivity (Wildman–Crippen MR) is 85.7 cm³/mol. The molecule has 102 valence electrons. The van der Waals surface area contributed by atoms with Crippen molar-refractivity contribution in [3.63, 3.8) is 0 Å². The molecule has 0 aliphatic carbocycles. The van der Waals surface area contributed by atoms with Crippen molar-refractivity contribution in [2.75, 3.05) is 0 Å². The SMILES string of the molecule is CCCC(Br)CCCc1ccc(C(C)(C)C)cc1. The van der Waals surface area contributed by atoms with Gasteiger partial charge in [-0.3, -0.25) is 0 Å². The minimum atomic E-state index is 0.264. The number of alkyl halides is 1. The van der Waals surface area contributed by atoms with Crippen molar-refractivity contribution < 1.29 is 0 Å². The second kappa shape index (κ2) is 7.33. The minimum Gasteiger partial charge on any atom is -0.0891 e. The Morgan fingerprint density at radius 1 is 1.06 bits per heavy atom. The summed E-state index contributed by atoms with van der Waals surface area (Å²) in [6.45, 7) is 9.05. The molecule has 0 N–H and O–H groups in total. The van der Waals surface area contributed by atoms with Gasteiger partial charge in [0.25, 0.3) is 0 Å². The molecule has 1 rings (SSSR count). The molecule has 18 heavy (non-hydrogen) atoms. The van der Waals surface area contributed by atoms with Crippen molar-refractivity contribution in [3.05, 3.63) is 35.4 Å². The first kappa shape index (κ1) is 15.8. The monoisotopic (exact) mass is 310 g/mol. The number of benzene rings is 1. The number of rotatable bonds is 6. The average Bonchev–Trinajstić information content (AvgIpc) is 2.29. The van der Waals surface area contributed by atoms with E-state index in [1.54, 1.807) is 0 Å². The van der Waals surface area contributed by atoms with Crippen LogP contribution in [0.4, 0.5) is 0 Å². The molecular weight excluding hydrogens is 284 g/mol. The van der Waals surface area contributed by atoms with E-state index < -0.39 is 0 Å². The highest BCUT2D eigenvalue weighted by atomic mass is 79.9. The van der Waals surface area contributed by atoms with E-state index in [4.69, 9.17) is 0 Å². The van der Waals surface area contributed by atoms with E-state index in [9.17, 15) is 0 Å². The zero-order valence-corrected chi connectivity index (χ0v) is 13.9. The third kappa shape index (κ3) is 5.56. The molecule has 0 bridgehead atoms. The molecule has 0 nitrogen and oxygen atoms in total. The van der Waals surface area contributed by atoms with Gasteiger partial charge in [-0.2, -0.15) is 0 Å². The van der Waals surface area contributed by atoms with Crippen LogP contribution in [0.1, 0.15) is 64.5 Å². The second-order valence-electron chi connectivity index (χ2n) is 6.23. The van der Waals surface area contributed by atoms with E-state index >= 15 is 0 Å². The van der Waals surface area contributed by atoms with Crippen molar-refractivity contribution in [2.45, 2.75) is 70.0 Å². The predicted octanol–water partition coefficient (Wildman–Crippen LogP) is 5.87. The van der Waals surface area contributed by atoms with Crippen LogP contribution < -0.4 is 0 Å². The zero-order chi connectivity index (χ0) is 13.6. The Morgan fingerprint density at radius 3 is 2.17 bits per heavy atom. The maximum absolute atomic E-state index is 3.75. The third-order valence-corrected chi connectivity index (χ3v) is 4.32. The van der Waals surface area contributed by atoms with Crippen LogP contribution in [0.5, 0.6) is 0 Å². The summed E-state index contributed by atoms with van der Waals surface area (Å²) in [7, 11) is 0. The van der Waals surface area contributed by atoms with Crippen LogP contribution in [0.2, 0.25) is 0 Å². The molecule has 1 aromatic carbocycles. The van der Waals surface area contributed by atoms with Crippen LogP contribution in [-0.4, -0.2) is 4.83 Å². The Kier molecular flexibility index (Phi) is 6.42. The lowest BCUT2D eigenvalue weighted by molar-refractivity contribution is 0.589. The molecule has 0 saturated heterocycles. The third-order valence-electron chi connectivity index (χ3n) is 3.40. The zero-order valence-electron chi connectivity index (χ0n) is 12.3. The van der Waals surface area contributed by atoms with E-state index in [2.05, 4.69) is 67.9 Å². The van der Waals surface area contributed by atoms with Crippen molar-refractivity contribution in [3.8, 4) is 0 Å². The first-order chi connectivity index (χ1) is 8.43. The van der Waals surface area contributed by atoms with E-state index in [0.29, 0.717) is 4.83 Å². The molecule has 0 aliphatic rings. The Morgan fingerprint density at radius 2 is 1.67 bits per heavy atom. The maximum atomic E-state index is 3.75. The first-order valence-electron chi connectivity index (χ1n) is 7.17. The lowest BCUT2D eigenvalue weighted by Crippen LogP contribution is -2.10. The molecule has 0 spiro atoms. The van der Waals surface area contributed by atoms with Gasteiger partial charge < -0.3 is 0 Å². The van der Waals surface area contributed by atoms with Crippen LogP contribution in [0, 0.1) is 0 Å². The molecule has 0 radical (unpaired) electrons. The summed E-state index contributed by atoms with van der Waals surface area (Å²) in [6.07, 6.45) is 6.34. The quantitative estimate of drug-likeness (QED) is 0.576. The molecule has 0 aromatic heterocycles. The molecule has 1 aromatic rings. The van der Waals surface area contributed by atoms with Gasteiger partial charge in [0, 0.05) is 4.83 Å². The standard InChI is InChI=1S/C17H27Br/c1-5-7-16(18)9-6-8-14-10-12-15(13-11-14)17(2,3)4/h10-13,16H,5-9H2,1-4H3. The lowest BCUT2D eigenvalue weighted by Gasteiger charge is -2.19. The summed E-state index contributed by atoms with van der Waals surface area (Å²) in [5.74, 6) is 0. The molecule has 0 fully saturated rings. The smallest absolute Gasteiger partial charge is 0.0145 e. The molecule has 0 aliphatic heterocycles. The fourth-order valence-corrected chi connectivity index (χ4v) is 2.94. The van der Waals surface area contributed by atoms with Gasteiger partial charge in [-0.1, -0.05) is 74.3 Å². The van der Waals surface area contributed by atoms with Gasteiger partial charge in [0.05, 0.1) is 0 Å². The highest BCUT2D eigenvalue weighted by molar-refractivity contribution is 9.09. The van der Waals surface area contributed by atoms with Gasteiger partial charge in [-0.25, -0.2) is 0 Å². The second-order valence-corrected chi connectivity index (χ2v) is 7.52. The van der Waals surface area contributed by atoms with Gasteiger partial charge in [0.15, 0.2) is 0 Å². The fraction of sp³-hybridized carbons (Fsp3) is 0.647. The number of hydrogen-bond donors (Lipinski definition) is 0. The fourth-order valence-electron chi connectivity index (χ4n) is 2.16. The van der Waals surface area contributed by atoms with E-state index in [1.165, 1.54) is 43.2 Å². The largest absolute Gasteiger partial charge is 0.0891 e. The van der Waals surface area contributed by atoms with E-state index in [0.717, 1.165) is 0 Å². The molecule has 0 heterocycles. The number of aryl methyl sites for hydroxylation is 1. The normalized spacial score (nSPS) is 13.6. The van der Waals surface area contributed by atoms with E-state index in [-0.39, 0.29) is 5.41 Å². The Balaban J connectivity index is 2.40. The van der Waals surface area contributed by atoms with Crippen molar-refractivity contribution in [2.24, 2.45) is 0 Å². The molecule has 1 heteroatoms. The van der Waals surface area contributed by atoms with Crippen LogP contribution in [0.3, 0.4) is 0 Å². The number of hydrogen-bond acceptors (Lipinski definition) is 0. The van der Waals surface area contributed by atoms with Crippen LogP contribution in [-0.2, 0) is 11.8 Å². The van der Waals surface area contributed by atoms with Gasteiger partial charge in [-0.15, -0.1) is 0 Å². The van der Waals surface area contributed by atoms with Gasteiger partial charge in [0.2, 0.25) is 0 Å². The Labute approximate surface area is 121 Å². The minimum absolute atomic E-state index is 0.264. The molecule has 0 amide bonds. The van der Waals surface area contributed by atoms with Crippen molar-refractivity contribution in [1.82, 2.24) is 0 Å². The summed E-state index contributed by atoms with van der Waals surface area (Å²) in [5.41, 5.74) is 3.16. The first-order valence-corrected chi connectivity index (χ1v) is 8.08. The van der Waals surface area contributed by atoms with Gasteiger partial charge >= 0.3 is 0 Å². The maximum Gasteiger partial charge on any atom is 0.0145 e. The summed E-state index contributed by atoms with van der Waals surface area (Å²) >= 11 is 3.75. The summed E-state index contributed by atoms with van der Waals surface area (Å²) in [4.78, 5) is 0.705. The Hall–Kier alpha value is -0.300. The molecular formula is C17H27Br. The average molecular weight is 311 g/mol. The van der Waals surface area contributed by atoms with Crippen molar-refractivity contribution >= 4 is 15.9 Å². The van der Waals surface area contributed by atoms with Gasteiger partial charge in [0.1, 0.15) is 0 Å². The molecule has 0 saturated carbocycles. The van der Waals surface area contributed by atoms with Crippen molar-refractivity contribution in [1.29, 1.82) is 0 Å². The summed E-state index contributed by atoms with van der Waals surface area (Å²) in [6, 6.07) is 9.16. The van der Waals surface area contributed by atoms with Crippen LogP contribution in [0.15, 0.2) is 24.3 Å². The summed E-state index contributed by atoms with van der Waals surface area (Å²) < 4.78 is 0. The van der Waals surface area contributed by atoms with Gasteiger partial charge in [-0.05, 0) is 42.2 Å².